The van der Waals surface area contributed by atoms with Crippen LogP contribution in [0, 0.1) is 17.8 Å². The van der Waals surface area contributed by atoms with Crippen molar-refractivity contribution in [1.82, 2.24) is 4.90 Å². The molecule has 3 aliphatic rings. The third kappa shape index (κ3) is 16.6. The molecule has 0 spiro atoms. The summed E-state index contributed by atoms with van der Waals surface area (Å²) in [5, 5.41) is 36.5. The number of rotatable bonds is 15. The number of ether oxygens (including phenoxy) is 12. The molecule has 448 valence electrons. The van der Waals surface area contributed by atoms with E-state index in [0.717, 1.165) is 11.1 Å². The first-order valence-electron chi connectivity index (χ1n) is 27.7. The fraction of sp³-hybridized carbons (Fsp3) is 0.617. The second-order valence-corrected chi connectivity index (χ2v) is 22.3. The maximum atomic E-state index is 14.8. The molecule has 0 aliphatic carbocycles. The summed E-state index contributed by atoms with van der Waals surface area (Å²) in [5.41, 5.74) is -3.44. The first-order chi connectivity index (χ1) is 38.3. The van der Waals surface area contributed by atoms with E-state index < -0.39 is 138 Å². The average Bonchev–Trinajstić information content (AvgIpc) is 3.68. The number of benzene rings is 3. The van der Waals surface area contributed by atoms with Gasteiger partial charge in [-0.25, -0.2) is 14.4 Å². The fourth-order valence-corrected chi connectivity index (χ4v) is 11.0. The Labute approximate surface area is 474 Å². The zero-order valence-electron chi connectivity index (χ0n) is 48.5. The Morgan fingerprint density at radius 2 is 1.17 bits per heavy atom. The predicted molar refractivity (Wildman–Crippen MR) is 289 cm³/mol. The molecule has 3 fully saturated rings. The van der Waals surface area contributed by atoms with Crippen molar-refractivity contribution in [2.45, 2.75) is 205 Å². The van der Waals surface area contributed by atoms with Gasteiger partial charge in [-0.15, -0.1) is 0 Å². The van der Waals surface area contributed by atoms with Crippen molar-refractivity contribution in [3.05, 3.63) is 108 Å². The second-order valence-electron chi connectivity index (χ2n) is 22.3. The van der Waals surface area contributed by atoms with Gasteiger partial charge in [0.2, 0.25) is 0 Å². The molecule has 3 aromatic carbocycles. The van der Waals surface area contributed by atoms with Gasteiger partial charge in [-0.1, -0.05) is 105 Å². The van der Waals surface area contributed by atoms with Crippen molar-refractivity contribution in [3.8, 4) is 0 Å². The molecule has 0 saturated carbocycles. The van der Waals surface area contributed by atoms with Crippen LogP contribution in [0.3, 0.4) is 0 Å². The van der Waals surface area contributed by atoms with Crippen LogP contribution in [0.1, 0.15) is 112 Å². The van der Waals surface area contributed by atoms with E-state index in [-0.39, 0.29) is 45.5 Å². The van der Waals surface area contributed by atoms with Crippen LogP contribution in [-0.4, -0.2) is 155 Å². The van der Waals surface area contributed by atoms with E-state index in [2.05, 4.69) is 0 Å². The van der Waals surface area contributed by atoms with Gasteiger partial charge >= 0.3 is 30.3 Å². The highest BCUT2D eigenvalue weighted by molar-refractivity contribution is 5.74. The number of esters is 2. The quantitative estimate of drug-likeness (QED) is 0.0963. The number of cyclic esters (lactones) is 2. The monoisotopic (exact) mass is 1140 g/mol. The second kappa shape index (κ2) is 28.4. The lowest BCUT2D eigenvalue weighted by Crippen LogP contribution is -2.62. The van der Waals surface area contributed by atoms with Gasteiger partial charge in [-0.3, -0.25) is 9.59 Å². The normalized spacial score (nSPS) is 35.1. The molecule has 18 atom stereocenters. The lowest BCUT2D eigenvalue weighted by molar-refractivity contribution is -0.318. The molecule has 0 bridgehead atoms. The average molecular weight is 1140 g/mol. The van der Waals surface area contributed by atoms with Crippen LogP contribution in [0.4, 0.5) is 14.4 Å². The molecule has 21 heteroatoms. The van der Waals surface area contributed by atoms with Gasteiger partial charge in [0, 0.05) is 32.9 Å². The largest absolute Gasteiger partial charge is 0.509 e. The third-order valence-electron chi connectivity index (χ3n) is 15.7. The lowest BCUT2D eigenvalue weighted by Gasteiger charge is -2.49. The molecule has 81 heavy (non-hydrogen) atoms. The summed E-state index contributed by atoms with van der Waals surface area (Å²) in [5.74, 6) is -5.64. The van der Waals surface area contributed by atoms with Crippen LogP contribution in [0.5, 0.6) is 0 Å². The number of carbonyl (C=O) groups excluding carboxylic acids is 5. The highest BCUT2D eigenvalue weighted by atomic mass is 16.8. The summed E-state index contributed by atoms with van der Waals surface area (Å²) in [4.78, 5) is 70.9. The molecule has 21 nitrogen and oxygen atoms in total. The number of amides is 1. The molecule has 0 radical (unpaired) electrons. The van der Waals surface area contributed by atoms with Crippen molar-refractivity contribution < 1.29 is 96.1 Å². The molecule has 3 aromatic rings. The minimum Gasteiger partial charge on any atom is -0.462 e. The third-order valence-corrected chi connectivity index (χ3v) is 15.7. The van der Waals surface area contributed by atoms with Crippen LogP contribution in [0.15, 0.2) is 91.0 Å². The Hall–Kier alpha value is -5.91. The van der Waals surface area contributed by atoms with E-state index in [1.54, 1.807) is 83.1 Å². The van der Waals surface area contributed by atoms with Gasteiger partial charge in [-0.05, 0) is 84.9 Å². The molecule has 3 aliphatic heterocycles. The number of hydrogen-bond acceptors (Lipinski definition) is 20. The van der Waals surface area contributed by atoms with Gasteiger partial charge in [0.05, 0.1) is 54.0 Å². The molecular formula is C60H83NO20. The van der Waals surface area contributed by atoms with Gasteiger partial charge in [0.15, 0.2) is 24.8 Å². The first kappa shape index (κ1) is 64.3. The Morgan fingerprint density at radius 1 is 0.654 bits per heavy atom. The van der Waals surface area contributed by atoms with Crippen LogP contribution in [-0.2, 0) is 86.3 Å². The maximum absolute atomic E-state index is 14.8. The summed E-state index contributed by atoms with van der Waals surface area (Å²) >= 11 is 0. The minimum atomic E-state index is -2.19. The van der Waals surface area contributed by atoms with Crippen LogP contribution in [0.2, 0.25) is 0 Å². The summed E-state index contributed by atoms with van der Waals surface area (Å²) in [7, 11) is 2.92. The molecular weight excluding hydrogens is 1050 g/mol. The van der Waals surface area contributed by atoms with Gasteiger partial charge in [0.25, 0.3) is 0 Å². The van der Waals surface area contributed by atoms with E-state index in [1.165, 1.54) is 53.7 Å². The number of likely N-dealkylation sites (N-methyl/N-ethyl adjacent to an activating group) is 1. The number of nitrogens with zero attached hydrogens (tertiary/aromatic N) is 1. The lowest BCUT2D eigenvalue weighted by atomic mass is 9.79. The van der Waals surface area contributed by atoms with Crippen molar-refractivity contribution in [2.75, 3.05) is 14.2 Å². The van der Waals surface area contributed by atoms with E-state index in [0.29, 0.717) is 5.56 Å². The van der Waals surface area contributed by atoms with E-state index in [9.17, 15) is 39.3 Å². The van der Waals surface area contributed by atoms with Gasteiger partial charge < -0.3 is 77.1 Å². The Morgan fingerprint density at radius 3 is 1.70 bits per heavy atom. The van der Waals surface area contributed by atoms with Crippen LogP contribution in [0.25, 0.3) is 0 Å². The fourth-order valence-electron chi connectivity index (χ4n) is 11.0. The van der Waals surface area contributed by atoms with E-state index in [1.807, 2.05) is 42.5 Å². The topological polar surface area (TPSA) is 260 Å². The Kier molecular flexibility index (Phi) is 22.5. The van der Waals surface area contributed by atoms with E-state index in [4.69, 9.17) is 56.8 Å². The SMILES string of the molecule is CC[C@H]1OC(=O)[C@H](C)[C@@H](O[C@H]2C[C@@](C)(OC)[C@@H](OC(=O)OCc3ccccc3)[C@H](C)O2)[C@H](C)[C@@H](O[C@@H]2O[C@H](C)C[C@H](N(C)C(=O)OCc3ccccc3)[C@H]2OC(=O)OCc2ccccc2)[C@](C)(O)C[C@@H](C)OC(=O)[C@@H](C)[C@@H](O)[C@]1(C)O. The van der Waals surface area contributed by atoms with Crippen molar-refractivity contribution in [3.63, 3.8) is 0 Å². The maximum Gasteiger partial charge on any atom is 0.509 e. The number of carbonyl (C=O) groups is 5. The molecule has 3 N–H and O–H groups in total. The van der Waals surface area contributed by atoms with Crippen molar-refractivity contribution >= 4 is 30.3 Å². The number of aliphatic hydroxyl groups excluding tert-OH is 1. The van der Waals surface area contributed by atoms with Gasteiger partial charge in [-0.2, -0.15) is 0 Å². The standard InChI is InChI=1S/C60H83NO20/c1-13-45-60(10,69)49(62)39(6)53(64)74-36(3)30-58(8,68)50(37(4)47(38(5)52(63)77-45)78-46-31-59(9,70-12)51(40(7)76-46)81-57(67)73-34-43-27-21-16-22-28-43)80-54-48(79-56(66)72-33-42-25-19-15-20-26-42)44(29-35(2)75-54)61(11)55(65)71-32-41-23-17-14-18-24-41/h14-28,35-40,44-51,54,62,68-69H,13,29-34H2,1-12H3/t35-,36-,37+,38-,39+,40+,44+,45-,46+,47+,48-,49-,50-,51+,54+,58-,59-,60-/m1/s1. The number of methoxy groups -OCH3 is 1. The highest BCUT2D eigenvalue weighted by Crippen LogP contribution is 2.41. The minimum absolute atomic E-state index is 0.00534. The van der Waals surface area contributed by atoms with Crippen LogP contribution >= 0.6 is 0 Å². The summed E-state index contributed by atoms with van der Waals surface area (Å²) in [6.07, 6.45) is -17.4. The highest BCUT2D eigenvalue weighted by Gasteiger charge is 2.55. The predicted octanol–water partition coefficient (Wildman–Crippen LogP) is 7.94. The zero-order chi connectivity index (χ0) is 59.4. The van der Waals surface area contributed by atoms with Gasteiger partial charge in [0.1, 0.15) is 43.2 Å². The number of aliphatic hydroxyl groups is 3. The van der Waals surface area contributed by atoms with Crippen LogP contribution < -0.4 is 0 Å². The Bertz CT molecular complexity index is 2500. The molecule has 3 saturated heterocycles. The molecule has 0 unspecified atom stereocenters. The summed E-state index contributed by atoms with van der Waals surface area (Å²) in [6, 6.07) is 26.0. The van der Waals surface area contributed by atoms with Crippen molar-refractivity contribution in [1.29, 1.82) is 0 Å². The zero-order valence-corrected chi connectivity index (χ0v) is 48.5. The molecule has 1 amide bonds. The first-order valence-corrected chi connectivity index (χ1v) is 27.7. The molecule has 3 heterocycles. The molecule has 6 rings (SSSR count). The summed E-state index contributed by atoms with van der Waals surface area (Å²) in [6.45, 7) is 15.1. The Balaban J connectivity index is 1.40. The van der Waals surface area contributed by atoms with E-state index >= 15 is 0 Å². The van der Waals surface area contributed by atoms with Crippen molar-refractivity contribution in [2.24, 2.45) is 17.8 Å². The molecule has 0 aromatic heterocycles. The smallest absolute Gasteiger partial charge is 0.462 e. The number of hydrogen-bond donors (Lipinski definition) is 3. The summed E-state index contributed by atoms with van der Waals surface area (Å²) < 4.78 is 73.6.